The van der Waals surface area contributed by atoms with Crippen molar-refractivity contribution in [2.45, 2.75) is 25.2 Å². The number of benzene rings is 1. The third-order valence-corrected chi connectivity index (χ3v) is 4.49. The predicted octanol–water partition coefficient (Wildman–Crippen LogP) is 3.85. The fourth-order valence-corrected chi connectivity index (χ4v) is 3.72. The largest absolute Gasteiger partial charge is 0.375 e. The lowest BCUT2D eigenvalue weighted by molar-refractivity contribution is 0.617. The highest BCUT2D eigenvalue weighted by molar-refractivity contribution is 7.15. The second-order valence-corrected chi connectivity index (χ2v) is 5.86. The summed E-state index contributed by atoms with van der Waals surface area (Å²) < 4.78 is 0. The second-order valence-electron chi connectivity index (χ2n) is 4.36. The van der Waals surface area contributed by atoms with Crippen LogP contribution in [0.15, 0.2) is 24.3 Å². The molecular formula is C13H13ClN2S. The molecule has 4 heteroatoms. The van der Waals surface area contributed by atoms with E-state index in [1.807, 2.05) is 12.1 Å². The molecule has 0 fully saturated rings. The standard InChI is InChI=1S/C13H13ClN2S/c14-9-4-1-3-8(7-9)10-5-2-6-11-12(10)17-13(15)16-11/h1,3-4,7,10H,2,5-6H2,(H2,15,16). The van der Waals surface area contributed by atoms with Crippen molar-refractivity contribution >= 4 is 28.1 Å². The summed E-state index contributed by atoms with van der Waals surface area (Å²) in [4.78, 5) is 5.74. The quantitative estimate of drug-likeness (QED) is 0.850. The number of fused-ring (bicyclic) bond motifs is 1. The molecule has 88 valence electrons. The Labute approximate surface area is 109 Å². The zero-order valence-corrected chi connectivity index (χ0v) is 10.9. The molecule has 1 aliphatic rings. The van der Waals surface area contributed by atoms with Gasteiger partial charge in [0.1, 0.15) is 0 Å². The number of nitrogens with zero attached hydrogens (tertiary/aromatic N) is 1. The van der Waals surface area contributed by atoms with E-state index in [2.05, 4.69) is 17.1 Å². The molecule has 2 N–H and O–H groups in total. The number of rotatable bonds is 1. The highest BCUT2D eigenvalue weighted by atomic mass is 35.5. The van der Waals surface area contributed by atoms with Crippen molar-refractivity contribution in [3.63, 3.8) is 0 Å². The van der Waals surface area contributed by atoms with Gasteiger partial charge in [0.25, 0.3) is 0 Å². The Bertz CT molecular complexity index is 550. The van der Waals surface area contributed by atoms with E-state index in [4.69, 9.17) is 17.3 Å². The molecule has 2 nitrogen and oxygen atoms in total. The number of nitrogens with two attached hydrogens (primary N) is 1. The molecule has 0 aliphatic heterocycles. The van der Waals surface area contributed by atoms with Gasteiger partial charge in [-0.05, 0) is 37.0 Å². The normalized spacial score (nSPS) is 19.0. The summed E-state index contributed by atoms with van der Waals surface area (Å²) in [5, 5.41) is 1.48. The second kappa shape index (κ2) is 4.31. The zero-order chi connectivity index (χ0) is 11.8. The topological polar surface area (TPSA) is 38.9 Å². The maximum atomic E-state index is 6.06. The molecule has 1 heterocycles. The van der Waals surface area contributed by atoms with Gasteiger partial charge in [-0.1, -0.05) is 23.7 Å². The number of hydrogen-bond donors (Lipinski definition) is 1. The van der Waals surface area contributed by atoms with Crippen molar-refractivity contribution in [1.29, 1.82) is 0 Å². The van der Waals surface area contributed by atoms with Gasteiger partial charge in [0.05, 0.1) is 5.69 Å². The van der Waals surface area contributed by atoms with Crippen LogP contribution in [-0.4, -0.2) is 4.98 Å². The smallest absolute Gasteiger partial charge is 0.180 e. The highest BCUT2D eigenvalue weighted by Gasteiger charge is 2.25. The van der Waals surface area contributed by atoms with E-state index in [-0.39, 0.29) is 0 Å². The fraction of sp³-hybridized carbons (Fsp3) is 0.308. The molecule has 1 aromatic heterocycles. The summed E-state index contributed by atoms with van der Waals surface area (Å²) in [5.41, 5.74) is 8.27. The highest BCUT2D eigenvalue weighted by Crippen LogP contribution is 2.41. The van der Waals surface area contributed by atoms with Crippen LogP contribution in [0.5, 0.6) is 0 Å². The summed E-state index contributed by atoms with van der Waals surface area (Å²) in [5.74, 6) is 0.423. The molecule has 1 atom stereocenters. The minimum Gasteiger partial charge on any atom is -0.375 e. The Kier molecular flexibility index (Phi) is 2.81. The van der Waals surface area contributed by atoms with Crippen LogP contribution in [0.25, 0.3) is 0 Å². The van der Waals surface area contributed by atoms with Crippen molar-refractivity contribution in [3.8, 4) is 0 Å². The molecular weight excluding hydrogens is 252 g/mol. The first-order chi connectivity index (χ1) is 8.24. The van der Waals surface area contributed by atoms with Crippen LogP contribution in [0.1, 0.15) is 34.9 Å². The average Bonchev–Trinajstić information content (AvgIpc) is 2.68. The van der Waals surface area contributed by atoms with E-state index in [0.717, 1.165) is 17.9 Å². The van der Waals surface area contributed by atoms with Crippen LogP contribution in [0.2, 0.25) is 5.02 Å². The number of aromatic nitrogens is 1. The molecule has 17 heavy (non-hydrogen) atoms. The maximum absolute atomic E-state index is 6.06. The Balaban J connectivity index is 2.05. The van der Waals surface area contributed by atoms with Gasteiger partial charge in [-0.15, -0.1) is 11.3 Å². The number of thiazole rings is 1. The third kappa shape index (κ3) is 2.05. The molecule has 0 amide bonds. The molecule has 0 bridgehead atoms. The third-order valence-electron chi connectivity index (χ3n) is 3.22. The monoisotopic (exact) mass is 264 g/mol. The van der Waals surface area contributed by atoms with E-state index in [1.165, 1.54) is 22.6 Å². The molecule has 1 aromatic carbocycles. The van der Waals surface area contributed by atoms with Gasteiger partial charge < -0.3 is 5.73 Å². The van der Waals surface area contributed by atoms with Crippen molar-refractivity contribution in [2.24, 2.45) is 0 Å². The first kappa shape index (κ1) is 11.1. The summed E-state index contributed by atoms with van der Waals surface area (Å²) in [6, 6.07) is 8.12. The van der Waals surface area contributed by atoms with E-state index >= 15 is 0 Å². The first-order valence-electron chi connectivity index (χ1n) is 5.74. The zero-order valence-electron chi connectivity index (χ0n) is 9.32. The van der Waals surface area contributed by atoms with Crippen LogP contribution in [0.4, 0.5) is 5.13 Å². The summed E-state index contributed by atoms with van der Waals surface area (Å²) >= 11 is 7.68. The number of halogens is 1. The van der Waals surface area contributed by atoms with Gasteiger partial charge in [-0.2, -0.15) is 0 Å². The lowest BCUT2D eigenvalue weighted by Gasteiger charge is -2.21. The van der Waals surface area contributed by atoms with Gasteiger partial charge >= 0.3 is 0 Å². The van der Waals surface area contributed by atoms with Crippen LogP contribution in [0, 0.1) is 0 Å². The van der Waals surface area contributed by atoms with Crippen LogP contribution in [0.3, 0.4) is 0 Å². The van der Waals surface area contributed by atoms with Crippen molar-refractivity contribution in [3.05, 3.63) is 45.4 Å². The van der Waals surface area contributed by atoms with E-state index < -0.39 is 0 Å². The first-order valence-corrected chi connectivity index (χ1v) is 6.94. The summed E-state index contributed by atoms with van der Waals surface area (Å²) in [6.45, 7) is 0. The van der Waals surface area contributed by atoms with Gasteiger partial charge in [-0.25, -0.2) is 4.98 Å². The molecule has 0 spiro atoms. The Morgan fingerprint density at radius 2 is 2.29 bits per heavy atom. The minimum absolute atomic E-state index is 0.423. The Morgan fingerprint density at radius 3 is 3.12 bits per heavy atom. The molecule has 1 unspecified atom stereocenters. The Hall–Kier alpha value is -1.06. The van der Waals surface area contributed by atoms with Crippen LogP contribution < -0.4 is 5.73 Å². The number of hydrogen-bond acceptors (Lipinski definition) is 3. The lowest BCUT2D eigenvalue weighted by atomic mass is 9.86. The lowest BCUT2D eigenvalue weighted by Crippen LogP contribution is -2.08. The van der Waals surface area contributed by atoms with Gasteiger partial charge in [-0.3, -0.25) is 0 Å². The van der Waals surface area contributed by atoms with Gasteiger partial charge in [0, 0.05) is 15.8 Å². The molecule has 0 saturated heterocycles. The fourth-order valence-electron chi connectivity index (χ4n) is 2.48. The molecule has 3 rings (SSSR count). The summed E-state index contributed by atoms with van der Waals surface area (Å²) in [7, 11) is 0. The van der Waals surface area contributed by atoms with E-state index in [0.29, 0.717) is 11.0 Å². The number of anilines is 1. The molecule has 0 saturated carbocycles. The average molecular weight is 265 g/mol. The maximum Gasteiger partial charge on any atom is 0.180 e. The molecule has 0 radical (unpaired) electrons. The molecule has 2 aromatic rings. The predicted molar refractivity (Wildman–Crippen MR) is 72.8 cm³/mol. The van der Waals surface area contributed by atoms with E-state index in [9.17, 15) is 0 Å². The van der Waals surface area contributed by atoms with E-state index in [1.54, 1.807) is 11.3 Å². The van der Waals surface area contributed by atoms with Crippen molar-refractivity contribution < 1.29 is 0 Å². The minimum atomic E-state index is 0.423. The van der Waals surface area contributed by atoms with Crippen LogP contribution in [-0.2, 0) is 6.42 Å². The van der Waals surface area contributed by atoms with Gasteiger partial charge in [0.2, 0.25) is 0 Å². The van der Waals surface area contributed by atoms with Gasteiger partial charge in [0.15, 0.2) is 5.13 Å². The SMILES string of the molecule is Nc1nc2c(s1)C(c1cccc(Cl)c1)CCC2. The summed E-state index contributed by atoms with van der Waals surface area (Å²) in [6.07, 6.45) is 3.39. The van der Waals surface area contributed by atoms with Crippen molar-refractivity contribution in [2.75, 3.05) is 5.73 Å². The Morgan fingerprint density at radius 1 is 1.41 bits per heavy atom. The van der Waals surface area contributed by atoms with Crippen molar-refractivity contribution in [1.82, 2.24) is 4.98 Å². The number of aryl methyl sites for hydroxylation is 1. The number of nitrogen functional groups attached to an aromatic ring is 1. The molecule has 1 aliphatic carbocycles. The van der Waals surface area contributed by atoms with Crippen LogP contribution >= 0.6 is 22.9 Å².